The van der Waals surface area contributed by atoms with Crippen molar-refractivity contribution < 1.29 is 9.53 Å². The van der Waals surface area contributed by atoms with E-state index in [0.717, 1.165) is 5.56 Å². The number of ether oxygens (including phenoxy) is 1. The molecule has 1 aromatic carbocycles. The summed E-state index contributed by atoms with van der Waals surface area (Å²) in [4.78, 5) is 11.2. The average Bonchev–Trinajstić information content (AvgIpc) is 2.27. The number of rotatable bonds is 3. The molecule has 0 aliphatic rings. The molecule has 0 aromatic heterocycles. The third-order valence-electron chi connectivity index (χ3n) is 2.09. The van der Waals surface area contributed by atoms with Crippen LogP contribution in [-0.2, 0) is 9.53 Å². The fraction of sp³-hybridized carbons (Fsp3) is 0.250. The molecule has 0 fully saturated rings. The van der Waals surface area contributed by atoms with Crippen molar-refractivity contribution in [2.45, 2.75) is 6.92 Å². The smallest absolute Gasteiger partial charge is 0.335 e. The Kier molecular flexibility index (Phi) is 4.06. The lowest BCUT2D eigenvalue weighted by Gasteiger charge is -2.02. The van der Waals surface area contributed by atoms with Crippen LogP contribution in [0.3, 0.4) is 0 Å². The number of aryl methyl sites for hydroxylation is 1. The van der Waals surface area contributed by atoms with Gasteiger partial charge >= 0.3 is 5.97 Å². The molecular weight excluding hydrogens is 190 g/mol. The van der Waals surface area contributed by atoms with Crippen LogP contribution in [0.2, 0.25) is 0 Å². The molecule has 0 spiro atoms. The summed E-state index contributed by atoms with van der Waals surface area (Å²) < 4.78 is 4.61. The van der Waals surface area contributed by atoms with E-state index < -0.39 is 0 Å². The molecule has 0 aliphatic heterocycles. The Morgan fingerprint density at radius 1 is 1.40 bits per heavy atom. The highest BCUT2D eigenvalue weighted by molar-refractivity contribution is 5.94. The van der Waals surface area contributed by atoms with Crippen molar-refractivity contribution in [1.29, 1.82) is 0 Å². The normalized spacial score (nSPS) is 11.3. The van der Waals surface area contributed by atoms with Crippen molar-refractivity contribution >= 4 is 12.0 Å². The van der Waals surface area contributed by atoms with E-state index in [4.69, 9.17) is 5.73 Å². The lowest BCUT2D eigenvalue weighted by molar-refractivity contribution is -0.136. The van der Waals surface area contributed by atoms with Gasteiger partial charge in [0, 0.05) is 6.54 Å². The maximum atomic E-state index is 11.2. The van der Waals surface area contributed by atoms with Crippen LogP contribution in [0, 0.1) is 6.92 Å². The van der Waals surface area contributed by atoms with E-state index in [0.29, 0.717) is 5.57 Å². The van der Waals surface area contributed by atoms with Crippen LogP contribution >= 0.6 is 0 Å². The van der Waals surface area contributed by atoms with E-state index in [2.05, 4.69) is 4.74 Å². The second-order valence-electron chi connectivity index (χ2n) is 3.28. The van der Waals surface area contributed by atoms with Gasteiger partial charge in [-0.15, -0.1) is 0 Å². The molecule has 2 N–H and O–H groups in total. The minimum absolute atomic E-state index is 0.181. The van der Waals surface area contributed by atoms with Gasteiger partial charge in [-0.1, -0.05) is 29.8 Å². The van der Waals surface area contributed by atoms with Crippen LogP contribution in [-0.4, -0.2) is 19.6 Å². The molecule has 0 atom stereocenters. The number of esters is 1. The zero-order chi connectivity index (χ0) is 11.3. The van der Waals surface area contributed by atoms with E-state index in [1.165, 1.54) is 12.7 Å². The highest BCUT2D eigenvalue weighted by atomic mass is 16.5. The zero-order valence-electron chi connectivity index (χ0n) is 8.99. The molecule has 1 aromatic rings. The first-order chi connectivity index (χ1) is 7.17. The Hall–Kier alpha value is -1.61. The summed E-state index contributed by atoms with van der Waals surface area (Å²) in [6, 6.07) is 7.84. The largest absolute Gasteiger partial charge is 0.466 e. The first kappa shape index (κ1) is 11.5. The molecule has 3 nitrogen and oxygen atoms in total. The van der Waals surface area contributed by atoms with Gasteiger partial charge in [0.05, 0.1) is 12.7 Å². The van der Waals surface area contributed by atoms with Gasteiger partial charge < -0.3 is 10.5 Å². The summed E-state index contributed by atoms with van der Waals surface area (Å²) in [5, 5.41) is 0. The summed E-state index contributed by atoms with van der Waals surface area (Å²) in [6.07, 6.45) is 1.74. The van der Waals surface area contributed by atoms with Gasteiger partial charge in [-0.25, -0.2) is 4.79 Å². The standard InChI is InChI=1S/C12H15NO2/c1-9-3-5-10(6-4-9)7-11(8-13)12(14)15-2/h3-7H,8,13H2,1-2H3/b11-7+. The number of nitrogens with two attached hydrogens (primary N) is 1. The quantitative estimate of drug-likeness (QED) is 0.601. The molecular formula is C12H15NO2. The molecule has 0 saturated carbocycles. The van der Waals surface area contributed by atoms with Crippen LogP contribution in [0.1, 0.15) is 11.1 Å². The molecule has 80 valence electrons. The summed E-state index contributed by atoms with van der Waals surface area (Å²) in [6.45, 7) is 2.19. The maximum Gasteiger partial charge on any atom is 0.335 e. The summed E-state index contributed by atoms with van der Waals surface area (Å²) in [5.74, 6) is -0.377. The molecule has 0 saturated heterocycles. The van der Waals surface area contributed by atoms with Gasteiger partial charge in [-0.3, -0.25) is 0 Å². The predicted molar refractivity (Wildman–Crippen MR) is 60.2 cm³/mol. The number of carbonyl (C=O) groups is 1. The molecule has 0 unspecified atom stereocenters. The number of methoxy groups -OCH3 is 1. The summed E-state index contributed by atoms with van der Waals surface area (Å²) >= 11 is 0. The minimum Gasteiger partial charge on any atom is -0.466 e. The van der Waals surface area contributed by atoms with E-state index in [9.17, 15) is 4.79 Å². The van der Waals surface area contributed by atoms with Gasteiger partial charge in [-0.05, 0) is 18.6 Å². The second-order valence-corrected chi connectivity index (χ2v) is 3.28. The van der Waals surface area contributed by atoms with E-state index in [-0.39, 0.29) is 12.5 Å². The number of hydrogen-bond acceptors (Lipinski definition) is 3. The van der Waals surface area contributed by atoms with Gasteiger partial charge in [-0.2, -0.15) is 0 Å². The summed E-state index contributed by atoms with van der Waals surface area (Å²) in [7, 11) is 1.35. The Bertz CT molecular complexity index is 366. The molecule has 0 bridgehead atoms. The Morgan fingerprint density at radius 3 is 2.47 bits per heavy atom. The van der Waals surface area contributed by atoms with Gasteiger partial charge in [0.1, 0.15) is 0 Å². The van der Waals surface area contributed by atoms with E-state index in [1.54, 1.807) is 6.08 Å². The van der Waals surface area contributed by atoms with Crippen molar-refractivity contribution in [3.63, 3.8) is 0 Å². The lowest BCUT2D eigenvalue weighted by atomic mass is 10.1. The molecule has 0 amide bonds. The monoisotopic (exact) mass is 205 g/mol. The van der Waals surface area contributed by atoms with Crippen LogP contribution in [0.25, 0.3) is 6.08 Å². The number of benzene rings is 1. The van der Waals surface area contributed by atoms with Crippen molar-refractivity contribution in [3.05, 3.63) is 41.0 Å². The van der Waals surface area contributed by atoms with Gasteiger partial charge in [0.15, 0.2) is 0 Å². The fourth-order valence-corrected chi connectivity index (χ4v) is 1.20. The van der Waals surface area contributed by atoms with E-state index in [1.807, 2.05) is 31.2 Å². The zero-order valence-corrected chi connectivity index (χ0v) is 8.99. The third-order valence-corrected chi connectivity index (χ3v) is 2.09. The minimum atomic E-state index is -0.377. The number of carbonyl (C=O) groups excluding carboxylic acids is 1. The molecule has 3 heteroatoms. The van der Waals surface area contributed by atoms with Crippen molar-refractivity contribution in [2.24, 2.45) is 5.73 Å². The van der Waals surface area contributed by atoms with Crippen LogP contribution in [0.4, 0.5) is 0 Å². The predicted octanol–water partition coefficient (Wildman–Crippen LogP) is 1.51. The van der Waals surface area contributed by atoms with Crippen molar-refractivity contribution in [1.82, 2.24) is 0 Å². The second kappa shape index (κ2) is 5.32. The topological polar surface area (TPSA) is 52.3 Å². The Balaban J connectivity index is 2.93. The fourth-order valence-electron chi connectivity index (χ4n) is 1.20. The van der Waals surface area contributed by atoms with Gasteiger partial charge in [0.2, 0.25) is 0 Å². The molecule has 0 aliphatic carbocycles. The summed E-state index contributed by atoms with van der Waals surface area (Å²) in [5.41, 5.74) is 8.06. The molecule has 1 rings (SSSR count). The van der Waals surface area contributed by atoms with Crippen molar-refractivity contribution in [2.75, 3.05) is 13.7 Å². The van der Waals surface area contributed by atoms with Crippen LogP contribution in [0.15, 0.2) is 29.8 Å². The van der Waals surface area contributed by atoms with E-state index >= 15 is 0 Å². The molecule has 0 radical (unpaired) electrons. The number of hydrogen-bond donors (Lipinski definition) is 1. The SMILES string of the molecule is COC(=O)/C(=C/c1ccc(C)cc1)CN. The Morgan fingerprint density at radius 2 is 2.00 bits per heavy atom. The highest BCUT2D eigenvalue weighted by Crippen LogP contribution is 2.08. The molecule has 15 heavy (non-hydrogen) atoms. The Labute approximate surface area is 89.5 Å². The first-order valence-corrected chi connectivity index (χ1v) is 4.73. The average molecular weight is 205 g/mol. The van der Waals surface area contributed by atoms with Crippen LogP contribution < -0.4 is 5.73 Å². The maximum absolute atomic E-state index is 11.2. The highest BCUT2D eigenvalue weighted by Gasteiger charge is 2.06. The molecule has 0 heterocycles. The van der Waals surface area contributed by atoms with Crippen molar-refractivity contribution in [3.8, 4) is 0 Å². The first-order valence-electron chi connectivity index (χ1n) is 4.73. The third kappa shape index (κ3) is 3.22. The lowest BCUT2D eigenvalue weighted by Crippen LogP contribution is -2.13. The van der Waals surface area contributed by atoms with Crippen LogP contribution in [0.5, 0.6) is 0 Å². The van der Waals surface area contributed by atoms with Gasteiger partial charge in [0.25, 0.3) is 0 Å².